The van der Waals surface area contributed by atoms with Crippen LogP contribution in [0.2, 0.25) is 0 Å². The Bertz CT molecular complexity index is 986. The molecule has 1 aliphatic heterocycles. The predicted molar refractivity (Wildman–Crippen MR) is 106 cm³/mol. The zero-order chi connectivity index (χ0) is 20.1. The highest BCUT2D eigenvalue weighted by Gasteiger charge is 2.32. The lowest BCUT2D eigenvalue weighted by Crippen LogP contribution is -2.42. The van der Waals surface area contributed by atoms with E-state index in [-0.39, 0.29) is 16.7 Å². The molecule has 1 N–H and O–H groups in total. The number of piperidine rings is 1. The fraction of sp³-hybridized carbons (Fsp3) is 0.333. The second kappa shape index (κ2) is 8.55. The van der Waals surface area contributed by atoms with Gasteiger partial charge in [-0.2, -0.15) is 9.57 Å². The van der Waals surface area contributed by atoms with Crippen LogP contribution in [-0.4, -0.2) is 31.7 Å². The molecule has 0 aliphatic carbocycles. The first kappa shape index (κ1) is 20.1. The summed E-state index contributed by atoms with van der Waals surface area (Å²) in [7, 11) is -3.60. The van der Waals surface area contributed by atoms with Gasteiger partial charge in [-0.05, 0) is 55.2 Å². The van der Waals surface area contributed by atoms with Crippen molar-refractivity contribution in [3.8, 4) is 6.07 Å². The van der Waals surface area contributed by atoms with E-state index in [1.807, 2.05) is 37.3 Å². The van der Waals surface area contributed by atoms with Crippen molar-refractivity contribution < 1.29 is 13.2 Å². The van der Waals surface area contributed by atoms with Crippen molar-refractivity contribution in [3.63, 3.8) is 0 Å². The minimum Gasteiger partial charge on any atom is -0.352 e. The van der Waals surface area contributed by atoms with Gasteiger partial charge in [-0.15, -0.1) is 0 Å². The molecule has 0 radical (unpaired) electrons. The number of hydrogen-bond donors (Lipinski definition) is 1. The van der Waals surface area contributed by atoms with Gasteiger partial charge >= 0.3 is 0 Å². The second-order valence-electron chi connectivity index (χ2n) is 6.96. The number of aryl methyl sites for hydroxylation is 1. The fourth-order valence-corrected chi connectivity index (χ4v) is 4.81. The molecule has 7 heteroatoms. The van der Waals surface area contributed by atoms with Gasteiger partial charge in [0.1, 0.15) is 0 Å². The third-order valence-electron chi connectivity index (χ3n) is 5.16. The van der Waals surface area contributed by atoms with Crippen LogP contribution in [0.5, 0.6) is 0 Å². The van der Waals surface area contributed by atoms with Gasteiger partial charge < -0.3 is 5.32 Å². The van der Waals surface area contributed by atoms with Crippen LogP contribution in [0.3, 0.4) is 0 Å². The van der Waals surface area contributed by atoms with E-state index in [1.165, 1.54) is 28.6 Å². The van der Waals surface area contributed by atoms with Crippen molar-refractivity contribution in [1.29, 1.82) is 5.26 Å². The summed E-state index contributed by atoms with van der Waals surface area (Å²) in [4.78, 5) is 12.6. The number of rotatable bonds is 5. The van der Waals surface area contributed by atoms with Crippen molar-refractivity contribution >= 4 is 15.9 Å². The first-order valence-electron chi connectivity index (χ1n) is 9.24. The number of nitrogens with zero attached hydrogens (tertiary/aromatic N) is 2. The molecule has 28 heavy (non-hydrogen) atoms. The molecular weight excluding hydrogens is 374 g/mol. The van der Waals surface area contributed by atoms with E-state index < -0.39 is 10.0 Å². The monoisotopic (exact) mass is 397 g/mol. The van der Waals surface area contributed by atoms with E-state index in [9.17, 15) is 13.2 Å². The lowest BCUT2D eigenvalue weighted by atomic mass is 9.97. The highest BCUT2D eigenvalue weighted by Crippen LogP contribution is 2.24. The Balaban J connectivity index is 1.56. The molecule has 0 atom stereocenters. The number of nitriles is 1. The maximum absolute atomic E-state index is 12.8. The average molecular weight is 398 g/mol. The first-order chi connectivity index (χ1) is 13.4. The molecule has 1 saturated heterocycles. The molecule has 1 amide bonds. The summed E-state index contributed by atoms with van der Waals surface area (Å²) in [6.07, 6.45) is 0.990. The maximum atomic E-state index is 12.8. The van der Waals surface area contributed by atoms with Crippen molar-refractivity contribution in [1.82, 2.24) is 9.62 Å². The Kier molecular flexibility index (Phi) is 6.12. The summed E-state index contributed by atoms with van der Waals surface area (Å²) >= 11 is 0. The Labute approximate surface area is 165 Å². The highest BCUT2D eigenvalue weighted by molar-refractivity contribution is 7.89. The molecule has 0 spiro atoms. The van der Waals surface area contributed by atoms with Gasteiger partial charge in [0.2, 0.25) is 15.9 Å². The Morgan fingerprint density at radius 3 is 2.39 bits per heavy atom. The minimum atomic E-state index is -3.60. The molecule has 6 nitrogen and oxygen atoms in total. The largest absolute Gasteiger partial charge is 0.352 e. The number of carbonyl (C=O) groups excluding carboxylic acids is 1. The lowest BCUT2D eigenvalue weighted by Gasteiger charge is -2.30. The van der Waals surface area contributed by atoms with Crippen molar-refractivity contribution in [2.75, 3.05) is 13.1 Å². The second-order valence-corrected chi connectivity index (χ2v) is 8.90. The van der Waals surface area contributed by atoms with Gasteiger partial charge in [-0.25, -0.2) is 8.42 Å². The van der Waals surface area contributed by atoms with Gasteiger partial charge in [0.25, 0.3) is 0 Å². The van der Waals surface area contributed by atoms with Crippen LogP contribution in [0.4, 0.5) is 0 Å². The van der Waals surface area contributed by atoms with E-state index in [0.29, 0.717) is 38.0 Å². The van der Waals surface area contributed by atoms with E-state index in [4.69, 9.17) is 5.26 Å². The topological polar surface area (TPSA) is 90.3 Å². The van der Waals surface area contributed by atoms with Crippen molar-refractivity contribution in [2.45, 2.75) is 31.2 Å². The SMILES string of the molecule is Cc1ccccc1CNC(=O)C1CCN(S(=O)(=O)c2ccc(C#N)cc2)CC1. The molecular formula is C21H23N3O3S. The summed E-state index contributed by atoms with van der Waals surface area (Å²) in [6, 6.07) is 15.8. The molecule has 146 valence electrons. The molecule has 1 aliphatic rings. The van der Waals surface area contributed by atoms with Crippen LogP contribution in [0, 0.1) is 24.2 Å². The standard InChI is InChI=1S/C21H23N3O3S/c1-16-4-2-3-5-19(16)15-23-21(25)18-10-12-24(13-11-18)28(26,27)20-8-6-17(14-22)7-9-20/h2-9,18H,10-13,15H2,1H3,(H,23,25). The van der Waals surface area contributed by atoms with Crippen LogP contribution in [0.15, 0.2) is 53.4 Å². The summed E-state index contributed by atoms with van der Waals surface area (Å²) in [6.45, 7) is 3.11. The molecule has 3 rings (SSSR count). The summed E-state index contributed by atoms with van der Waals surface area (Å²) in [5.74, 6) is -0.213. The van der Waals surface area contributed by atoms with Crippen molar-refractivity contribution in [3.05, 3.63) is 65.2 Å². The normalized spacial score (nSPS) is 15.7. The lowest BCUT2D eigenvalue weighted by molar-refractivity contribution is -0.126. The van der Waals surface area contributed by atoms with Crippen LogP contribution in [0.1, 0.15) is 29.5 Å². The Morgan fingerprint density at radius 1 is 1.14 bits per heavy atom. The van der Waals surface area contributed by atoms with Crippen LogP contribution in [-0.2, 0) is 21.4 Å². The minimum absolute atomic E-state index is 0.0290. The fourth-order valence-electron chi connectivity index (χ4n) is 3.34. The van der Waals surface area contributed by atoms with Crippen molar-refractivity contribution in [2.24, 2.45) is 5.92 Å². The first-order valence-corrected chi connectivity index (χ1v) is 10.7. The van der Waals surface area contributed by atoms with Gasteiger partial charge in [-0.1, -0.05) is 24.3 Å². The zero-order valence-corrected chi connectivity index (χ0v) is 16.6. The smallest absolute Gasteiger partial charge is 0.243 e. The molecule has 1 fully saturated rings. The number of carbonyl (C=O) groups is 1. The molecule has 0 bridgehead atoms. The van der Waals surface area contributed by atoms with E-state index in [1.54, 1.807) is 0 Å². The number of nitrogens with one attached hydrogen (secondary N) is 1. The molecule has 0 unspecified atom stereocenters. The van der Waals surface area contributed by atoms with Gasteiger partial charge in [0.15, 0.2) is 0 Å². The number of sulfonamides is 1. The summed E-state index contributed by atoms with van der Waals surface area (Å²) in [5, 5.41) is 11.8. The quantitative estimate of drug-likeness (QED) is 0.840. The van der Waals surface area contributed by atoms with Crippen LogP contribution < -0.4 is 5.32 Å². The number of amides is 1. The molecule has 1 heterocycles. The van der Waals surface area contributed by atoms with E-state index >= 15 is 0 Å². The Morgan fingerprint density at radius 2 is 1.79 bits per heavy atom. The summed E-state index contributed by atoms with van der Waals surface area (Å²) in [5.41, 5.74) is 2.63. The molecule has 2 aromatic rings. The molecule has 2 aromatic carbocycles. The van der Waals surface area contributed by atoms with Crippen LogP contribution >= 0.6 is 0 Å². The maximum Gasteiger partial charge on any atom is 0.243 e. The van der Waals surface area contributed by atoms with E-state index in [0.717, 1.165) is 11.1 Å². The van der Waals surface area contributed by atoms with Gasteiger partial charge in [0, 0.05) is 25.6 Å². The van der Waals surface area contributed by atoms with Crippen LogP contribution in [0.25, 0.3) is 0 Å². The number of benzene rings is 2. The molecule has 0 saturated carbocycles. The zero-order valence-electron chi connectivity index (χ0n) is 15.8. The number of hydrogen-bond acceptors (Lipinski definition) is 4. The van der Waals surface area contributed by atoms with Gasteiger partial charge in [-0.3, -0.25) is 4.79 Å². The van der Waals surface area contributed by atoms with E-state index in [2.05, 4.69) is 5.32 Å². The highest BCUT2D eigenvalue weighted by atomic mass is 32.2. The summed E-state index contributed by atoms with van der Waals surface area (Å²) < 4.78 is 26.9. The van der Waals surface area contributed by atoms with Gasteiger partial charge in [0.05, 0.1) is 16.5 Å². The predicted octanol–water partition coefficient (Wildman–Crippen LogP) is 2.58. The average Bonchev–Trinajstić information content (AvgIpc) is 2.73. The Hall–Kier alpha value is -2.69. The molecule has 0 aromatic heterocycles. The third-order valence-corrected chi connectivity index (χ3v) is 7.07. The third kappa shape index (κ3) is 4.41.